The van der Waals surface area contributed by atoms with Crippen LogP contribution < -0.4 is 5.32 Å². The van der Waals surface area contributed by atoms with E-state index in [9.17, 15) is 14.3 Å². The van der Waals surface area contributed by atoms with Crippen LogP contribution in [0.5, 0.6) is 5.75 Å². The number of halogens is 2. The lowest BCUT2D eigenvalue weighted by molar-refractivity contribution is 0.102. The maximum absolute atomic E-state index is 13.6. The Morgan fingerprint density at radius 3 is 2.63 bits per heavy atom. The molecule has 2 aromatic carbocycles. The number of hydrogen-bond donors (Lipinski definition) is 2. The molecule has 3 nitrogen and oxygen atoms in total. The predicted octanol–water partition coefficient (Wildman–Crippen LogP) is 3.85. The van der Waals surface area contributed by atoms with Crippen LogP contribution in [0, 0.1) is 12.7 Å². The minimum atomic E-state index is -0.516. The van der Waals surface area contributed by atoms with E-state index in [0.717, 1.165) is 0 Å². The Labute approximate surface area is 118 Å². The van der Waals surface area contributed by atoms with Gasteiger partial charge in [0.15, 0.2) is 0 Å². The smallest absolute Gasteiger partial charge is 0.255 e. The summed E-state index contributed by atoms with van der Waals surface area (Å²) in [5, 5.41) is 11.9. The summed E-state index contributed by atoms with van der Waals surface area (Å²) in [6, 6.07) is 8.85. The number of carbonyl (C=O) groups excluding carboxylic acids is 1. The molecular weight excluding hydrogens is 313 g/mol. The number of anilines is 1. The molecule has 19 heavy (non-hydrogen) atoms. The molecule has 0 unspecified atom stereocenters. The summed E-state index contributed by atoms with van der Waals surface area (Å²) in [6.07, 6.45) is 0. The number of benzene rings is 2. The van der Waals surface area contributed by atoms with E-state index < -0.39 is 11.7 Å². The normalized spacial score (nSPS) is 10.3. The highest BCUT2D eigenvalue weighted by atomic mass is 79.9. The second-order valence-electron chi connectivity index (χ2n) is 4.08. The number of hydrogen-bond acceptors (Lipinski definition) is 2. The van der Waals surface area contributed by atoms with Crippen molar-refractivity contribution in [3.05, 3.63) is 57.8 Å². The van der Waals surface area contributed by atoms with Gasteiger partial charge in [0.1, 0.15) is 11.6 Å². The first-order chi connectivity index (χ1) is 8.97. The molecule has 0 aromatic heterocycles. The van der Waals surface area contributed by atoms with Crippen molar-refractivity contribution in [3.8, 4) is 5.75 Å². The van der Waals surface area contributed by atoms with Crippen LogP contribution in [0.3, 0.4) is 0 Å². The maximum Gasteiger partial charge on any atom is 0.255 e. The number of phenolic OH excluding ortho intramolecular Hbond substituents is 1. The third-order valence-electron chi connectivity index (χ3n) is 2.64. The highest BCUT2D eigenvalue weighted by Gasteiger charge is 2.10. The fraction of sp³-hybridized carbons (Fsp3) is 0.0714. The number of nitrogens with one attached hydrogen (secondary N) is 1. The van der Waals surface area contributed by atoms with E-state index in [4.69, 9.17) is 0 Å². The van der Waals surface area contributed by atoms with Gasteiger partial charge in [0.25, 0.3) is 5.91 Å². The molecule has 0 aliphatic carbocycles. The second kappa shape index (κ2) is 5.40. The van der Waals surface area contributed by atoms with E-state index in [1.165, 1.54) is 24.3 Å². The van der Waals surface area contributed by atoms with Crippen LogP contribution in [0.4, 0.5) is 10.1 Å². The Morgan fingerprint density at radius 2 is 2.00 bits per heavy atom. The first-order valence-corrected chi connectivity index (χ1v) is 6.32. The van der Waals surface area contributed by atoms with Crippen LogP contribution in [0.15, 0.2) is 40.9 Å². The third-order valence-corrected chi connectivity index (χ3v) is 3.13. The highest BCUT2D eigenvalue weighted by Crippen LogP contribution is 2.21. The van der Waals surface area contributed by atoms with E-state index >= 15 is 0 Å². The minimum Gasteiger partial charge on any atom is -0.508 e. The molecule has 0 aliphatic rings. The molecule has 2 N–H and O–H groups in total. The summed E-state index contributed by atoms with van der Waals surface area (Å²) < 4.78 is 14.2. The lowest BCUT2D eigenvalue weighted by Gasteiger charge is -2.08. The van der Waals surface area contributed by atoms with Crippen LogP contribution >= 0.6 is 15.9 Å². The van der Waals surface area contributed by atoms with Crippen molar-refractivity contribution in [2.75, 3.05) is 5.32 Å². The van der Waals surface area contributed by atoms with Gasteiger partial charge in [-0.2, -0.15) is 0 Å². The molecular formula is C14H11BrFNO2. The zero-order chi connectivity index (χ0) is 14.0. The lowest BCUT2D eigenvalue weighted by Crippen LogP contribution is -2.13. The molecule has 0 radical (unpaired) electrons. The van der Waals surface area contributed by atoms with Crippen LogP contribution in [-0.2, 0) is 0 Å². The molecule has 98 valence electrons. The fourth-order valence-electron chi connectivity index (χ4n) is 1.58. The maximum atomic E-state index is 13.6. The SMILES string of the molecule is Cc1cc(C(=O)Nc2ccc(Br)cc2F)ccc1O. The summed E-state index contributed by atoms with van der Waals surface area (Å²) in [6.45, 7) is 1.69. The van der Waals surface area contributed by atoms with Crippen molar-refractivity contribution < 1.29 is 14.3 Å². The number of amides is 1. The fourth-order valence-corrected chi connectivity index (χ4v) is 1.92. The topological polar surface area (TPSA) is 49.3 Å². The number of carbonyl (C=O) groups is 1. The molecule has 2 rings (SSSR count). The average molecular weight is 324 g/mol. The van der Waals surface area contributed by atoms with Crippen molar-refractivity contribution in [2.24, 2.45) is 0 Å². The van der Waals surface area contributed by atoms with Gasteiger partial charge in [0, 0.05) is 10.0 Å². The van der Waals surface area contributed by atoms with Crippen LogP contribution in [0.25, 0.3) is 0 Å². The molecule has 1 amide bonds. The van der Waals surface area contributed by atoms with Gasteiger partial charge < -0.3 is 10.4 Å². The quantitative estimate of drug-likeness (QED) is 0.881. The molecule has 0 bridgehead atoms. The number of aryl methyl sites for hydroxylation is 1. The molecule has 0 aliphatic heterocycles. The largest absolute Gasteiger partial charge is 0.508 e. The standard InChI is InChI=1S/C14H11BrFNO2/c1-8-6-9(2-5-13(8)18)14(19)17-12-4-3-10(15)7-11(12)16/h2-7,18H,1H3,(H,17,19). The molecule has 0 saturated heterocycles. The molecule has 2 aromatic rings. The molecule has 0 spiro atoms. The molecule has 5 heteroatoms. The van der Waals surface area contributed by atoms with Crippen molar-refractivity contribution in [2.45, 2.75) is 6.92 Å². The van der Waals surface area contributed by atoms with Crippen molar-refractivity contribution in [1.29, 1.82) is 0 Å². The molecule has 0 atom stereocenters. The van der Waals surface area contributed by atoms with Gasteiger partial charge in [-0.15, -0.1) is 0 Å². The van der Waals surface area contributed by atoms with Crippen LogP contribution in [0.2, 0.25) is 0 Å². The van der Waals surface area contributed by atoms with Crippen LogP contribution in [-0.4, -0.2) is 11.0 Å². The van der Waals surface area contributed by atoms with Gasteiger partial charge in [-0.05, 0) is 48.9 Å². The Morgan fingerprint density at radius 1 is 1.26 bits per heavy atom. The first kappa shape index (κ1) is 13.5. The summed E-state index contributed by atoms with van der Waals surface area (Å²) >= 11 is 3.14. The predicted molar refractivity (Wildman–Crippen MR) is 74.9 cm³/mol. The number of rotatable bonds is 2. The van der Waals surface area contributed by atoms with Crippen LogP contribution in [0.1, 0.15) is 15.9 Å². The summed E-state index contributed by atoms with van der Waals surface area (Å²) in [7, 11) is 0. The zero-order valence-corrected chi connectivity index (χ0v) is 11.7. The first-order valence-electron chi connectivity index (χ1n) is 5.53. The summed E-state index contributed by atoms with van der Waals surface area (Å²) in [5.74, 6) is -0.825. The minimum absolute atomic E-state index is 0.110. The Hall–Kier alpha value is -1.88. The molecule has 0 fully saturated rings. The molecule has 0 heterocycles. The third kappa shape index (κ3) is 3.12. The van der Waals surface area contributed by atoms with Crippen molar-refractivity contribution in [1.82, 2.24) is 0 Å². The lowest BCUT2D eigenvalue weighted by atomic mass is 10.1. The second-order valence-corrected chi connectivity index (χ2v) is 5.00. The van der Waals surface area contributed by atoms with E-state index in [1.807, 2.05) is 0 Å². The van der Waals surface area contributed by atoms with E-state index in [-0.39, 0.29) is 11.4 Å². The van der Waals surface area contributed by atoms with Gasteiger partial charge in [0.2, 0.25) is 0 Å². The highest BCUT2D eigenvalue weighted by molar-refractivity contribution is 9.10. The van der Waals surface area contributed by atoms with Crippen molar-refractivity contribution >= 4 is 27.5 Å². The van der Waals surface area contributed by atoms with Gasteiger partial charge in [0.05, 0.1) is 5.69 Å². The van der Waals surface area contributed by atoms with Crippen molar-refractivity contribution in [3.63, 3.8) is 0 Å². The Balaban J connectivity index is 2.23. The van der Waals surface area contributed by atoms with E-state index in [1.54, 1.807) is 19.1 Å². The summed E-state index contributed by atoms with van der Waals surface area (Å²) in [4.78, 5) is 11.9. The summed E-state index contributed by atoms with van der Waals surface area (Å²) in [5.41, 5.74) is 1.06. The zero-order valence-electron chi connectivity index (χ0n) is 10.1. The van der Waals surface area contributed by atoms with Gasteiger partial charge in [-0.25, -0.2) is 4.39 Å². The van der Waals surface area contributed by atoms with Gasteiger partial charge in [-0.3, -0.25) is 4.79 Å². The number of phenols is 1. The number of aromatic hydroxyl groups is 1. The molecule has 0 saturated carbocycles. The van der Waals surface area contributed by atoms with E-state index in [2.05, 4.69) is 21.2 Å². The van der Waals surface area contributed by atoms with Gasteiger partial charge >= 0.3 is 0 Å². The monoisotopic (exact) mass is 323 g/mol. The Kier molecular flexibility index (Phi) is 3.85. The average Bonchev–Trinajstić information content (AvgIpc) is 2.36. The van der Waals surface area contributed by atoms with E-state index in [0.29, 0.717) is 15.6 Å². The Bertz CT molecular complexity index is 643. The van der Waals surface area contributed by atoms with Gasteiger partial charge in [-0.1, -0.05) is 15.9 Å².